The second-order valence-electron chi connectivity index (χ2n) is 7.58. The zero-order valence-corrected chi connectivity index (χ0v) is 19.8. The molecule has 160 valence electrons. The van der Waals surface area contributed by atoms with Crippen LogP contribution in [0.5, 0.6) is 0 Å². The third kappa shape index (κ3) is 8.61. The van der Waals surface area contributed by atoms with Crippen molar-refractivity contribution >= 4 is 29.9 Å². The van der Waals surface area contributed by atoms with Crippen LogP contribution in [0.4, 0.5) is 4.39 Å². The monoisotopic (exact) mass is 506 g/mol. The van der Waals surface area contributed by atoms with Crippen molar-refractivity contribution in [1.29, 1.82) is 0 Å². The molecule has 0 heterocycles. The van der Waals surface area contributed by atoms with E-state index < -0.39 is 0 Å². The fourth-order valence-corrected chi connectivity index (χ4v) is 3.42. The largest absolute Gasteiger partial charge is 0.385 e. The maximum Gasteiger partial charge on any atom is 0.191 e. The molecule has 2 N–H and O–H groups in total. The lowest BCUT2D eigenvalue weighted by atomic mass is 9.67. The highest BCUT2D eigenvalue weighted by atomic mass is 127. The van der Waals surface area contributed by atoms with E-state index in [1.54, 1.807) is 7.11 Å². The van der Waals surface area contributed by atoms with E-state index in [4.69, 9.17) is 9.73 Å². The minimum atomic E-state index is -0.190. The summed E-state index contributed by atoms with van der Waals surface area (Å²) in [5.41, 5.74) is 1.45. The van der Waals surface area contributed by atoms with E-state index >= 15 is 0 Å². The summed E-state index contributed by atoms with van der Waals surface area (Å²) >= 11 is 0. The van der Waals surface area contributed by atoms with Gasteiger partial charge in [0.15, 0.2) is 5.96 Å². The minimum Gasteiger partial charge on any atom is -0.385 e. The fraction of sp³-hybridized carbons (Fsp3) is 0.667. The summed E-state index contributed by atoms with van der Waals surface area (Å²) < 4.78 is 18.3. The summed E-state index contributed by atoms with van der Waals surface area (Å²) in [5, 5.41) is 6.77. The Balaban J connectivity index is 0.00000392. The van der Waals surface area contributed by atoms with Crippen LogP contribution in [0.25, 0.3) is 0 Å². The van der Waals surface area contributed by atoms with E-state index in [0.717, 1.165) is 57.3 Å². The van der Waals surface area contributed by atoms with Crippen molar-refractivity contribution in [3.05, 3.63) is 35.6 Å². The van der Waals surface area contributed by atoms with Gasteiger partial charge in [0.05, 0.1) is 0 Å². The highest BCUT2D eigenvalue weighted by Crippen LogP contribution is 2.44. The van der Waals surface area contributed by atoms with Crippen LogP contribution in [0.1, 0.15) is 38.2 Å². The van der Waals surface area contributed by atoms with Gasteiger partial charge in [-0.05, 0) is 56.3 Å². The first-order valence-electron chi connectivity index (χ1n) is 10.0. The van der Waals surface area contributed by atoms with Gasteiger partial charge in [-0.2, -0.15) is 0 Å². The Labute approximate surface area is 186 Å². The number of halogens is 2. The molecule has 1 aromatic carbocycles. The molecule has 0 saturated heterocycles. The number of rotatable bonds is 11. The van der Waals surface area contributed by atoms with Crippen molar-refractivity contribution in [3.63, 3.8) is 0 Å². The molecule has 0 atom stereocenters. The van der Waals surface area contributed by atoms with Crippen LogP contribution in [0.2, 0.25) is 0 Å². The van der Waals surface area contributed by atoms with Gasteiger partial charge in [0.25, 0.3) is 0 Å². The first-order chi connectivity index (χ1) is 13.1. The predicted molar refractivity (Wildman–Crippen MR) is 125 cm³/mol. The molecule has 1 aromatic rings. The SMILES string of the molecule is CCNC(=NCC1(CCOC)CCC1)NCCN(C)Cc1ccc(F)cc1.I. The lowest BCUT2D eigenvalue weighted by Gasteiger charge is -2.40. The van der Waals surface area contributed by atoms with Crippen LogP contribution in [0.15, 0.2) is 29.3 Å². The standard InChI is InChI=1S/C21H35FN4O.HI/c1-4-23-20(25-17-21(10-5-11-21)12-15-27-3)24-13-14-26(2)16-18-6-8-19(22)9-7-18;/h6-9H,4-5,10-17H2,1-3H3,(H2,23,24,25);1H. The summed E-state index contributed by atoms with van der Waals surface area (Å²) in [4.78, 5) is 7.05. The van der Waals surface area contributed by atoms with Gasteiger partial charge in [0.2, 0.25) is 0 Å². The topological polar surface area (TPSA) is 48.9 Å². The molecule has 1 aliphatic carbocycles. The van der Waals surface area contributed by atoms with Crippen LogP contribution < -0.4 is 10.6 Å². The van der Waals surface area contributed by atoms with Crippen LogP contribution in [0, 0.1) is 11.2 Å². The Kier molecular flexibility index (Phi) is 11.9. The van der Waals surface area contributed by atoms with Gasteiger partial charge in [-0.3, -0.25) is 4.99 Å². The number of nitrogens with zero attached hydrogens (tertiary/aromatic N) is 2. The molecule has 28 heavy (non-hydrogen) atoms. The Bertz CT molecular complexity index is 578. The van der Waals surface area contributed by atoms with Gasteiger partial charge < -0.3 is 20.3 Å². The molecule has 2 rings (SSSR count). The van der Waals surface area contributed by atoms with E-state index in [9.17, 15) is 4.39 Å². The number of likely N-dealkylation sites (N-methyl/N-ethyl adjacent to an activating group) is 1. The molecule has 0 aromatic heterocycles. The predicted octanol–water partition coefficient (Wildman–Crippen LogP) is 3.64. The number of ether oxygens (including phenoxy) is 1. The lowest BCUT2D eigenvalue weighted by molar-refractivity contribution is 0.0778. The second-order valence-corrected chi connectivity index (χ2v) is 7.58. The Morgan fingerprint density at radius 1 is 1.25 bits per heavy atom. The highest BCUT2D eigenvalue weighted by Gasteiger charge is 2.36. The summed E-state index contributed by atoms with van der Waals surface area (Å²) in [5.74, 6) is 0.695. The number of aliphatic imine (C=N–C) groups is 1. The van der Waals surface area contributed by atoms with E-state index in [2.05, 4.69) is 29.5 Å². The number of guanidine groups is 1. The van der Waals surface area contributed by atoms with Crippen LogP contribution in [-0.2, 0) is 11.3 Å². The molecule has 0 radical (unpaired) electrons. The normalized spacial score (nSPS) is 15.7. The van der Waals surface area contributed by atoms with Gasteiger partial charge >= 0.3 is 0 Å². The van der Waals surface area contributed by atoms with Gasteiger partial charge in [0, 0.05) is 46.4 Å². The average Bonchev–Trinajstić information content (AvgIpc) is 2.62. The number of benzene rings is 1. The van der Waals surface area contributed by atoms with E-state index in [1.165, 1.54) is 31.4 Å². The molecule has 5 nitrogen and oxygen atoms in total. The van der Waals surface area contributed by atoms with E-state index in [-0.39, 0.29) is 29.8 Å². The molecule has 1 saturated carbocycles. The molecule has 0 aliphatic heterocycles. The molecular formula is C21H36FIN4O. The Hall–Kier alpha value is -0.930. The molecule has 0 spiro atoms. The van der Waals surface area contributed by atoms with Crippen molar-refractivity contribution in [2.24, 2.45) is 10.4 Å². The van der Waals surface area contributed by atoms with Gasteiger partial charge in [0.1, 0.15) is 5.82 Å². The molecule has 0 bridgehead atoms. The number of hydrogen-bond acceptors (Lipinski definition) is 3. The van der Waals surface area contributed by atoms with Crippen LogP contribution >= 0.6 is 24.0 Å². The van der Waals surface area contributed by atoms with Crippen molar-refractivity contribution < 1.29 is 9.13 Å². The highest BCUT2D eigenvalue weighted by molar-refractivity contribution is 14.0. The zero-order valence-electron chi connectivity index (χ0n) is 17.5. The first kappa shape index (κ1) is 25.1. The van der Waals surface area contributed by atoms with Gasteiger partial charge in [-0.1, -0.05) is 18.6 Å². The van der Waals surface area contributed by atoms with E-state index in [0.29, 0.717) is 5.41 Å². The smallest absolute Gasteiger partial charge is 0.191 e. The zero-order chi connectivity index (χ0) is 19.5. The van der Waals surface area contributed by atoms with Crippen molar-refractivity contribution in [3.8, 4) is 0 Å². The molecule has 0 unspecified atom stereocenters. The van der Waals surface area contributed by atoms with Crippen LogP contribution in [0.3, 0.4) is 0 Å². The molecule has 1 aliphatic rings. The molecular weight excluding hydrogens is 470 g/mol. The average molecular weight is 506 g/mol. The molecule has 1 fully saturated rings. The molecule has 0 amide bonds. The number of nitrogens with one attached hydrogen (secondary N) is 2. The number of hydrogen-bond donors (Lipinski definition) is 2. The quantitative estimate of drug-likeness (QED) is 0.274. The van der Waals surface area contributed by atoms with Crippen molar-refractivity contribution in [2.45, 2.75) is 39.2 Å². The maximum atomic E-state index is 13.0. The summed E-state index contributed by atoms with van der Waals surface area (Å²) in [6, 6.07) is 6.69. The Morgan fingerprint density at radius 2 is 1.96 bits per heavy atom. The van der Waals surface area contributed by atoms with Crippen LogP contribution in [-0.4, -0.2) is 57.8 Å². The maximum absolute atomic E-state index is 13.0. The molecule has 7 heteroatoms. The van der Waals surface area contributed by atoms with Gasteiger partial charge in [-0.25, -0.2) is 4.39 Å². The van der Waals surface area contributed by atoms with Gasteiger partial charge in [-0.15, -0.1) is 24.0 Å². The fourth-order valence-electron chi connectivity index (χ4n) is 3.42. The number of methoxy groups -OCH3 is 1. The summed E-state index contributed by atoms with van der Waals surface area (Å²) in [6.45, 7) is 7.11. The second kappa shape index (κ2) is 13.3. The Morgan fingerprint density at radius 3 is 2.54 bits per heavy atom. The third-order valence-electron chi connectivity index (χ3n) is 5.32. The third-order valence-corrected chi connectivity index (χ3v) is 5.32. The summed E-state index contributed by atoms with van der Waals surface area (Å²) in [7, 11) is 3.84. The lowest BCUT2D eigenvalue weighted by Crippen LogP contribution is -2.42. The summed E-state index contributed by atoms with van der Waals surface area (Å²) in [6.07, 6.45) is 4.89. The minimum absolute atomic E-state index is 0. The van der Waals surface area contributed by atoms with Crippen molar-refractivity contribution in [2.75, 3.05) is 46.9 Å². The van der Waals surface area contributed by atoms with Crippen molar-refractivity contribution in [1.82, 2.24) is 15.5 Å². The van der Waals surface area contributed by atoms with E-state index in [1.807, 2.05) is 12.1 Å². The first-order valence-corrected chi connectivity index (χ1v) is 10.0.